The van der Waals surface area contributed by atoms with Crippen molar-refractivity contribution in [1.82, 2.24) is 25.4 Å². The molecule has 24 heavy (non-hydrogen) atoms. The number of piperidine rings is 1. The molecule has 8 nitrogen and oxygen atoms in total. The molecule has 1 atom stereocenters. The number of nitrogens with one attached hydrogen (secondary N) is 3. The summed E-state index contributed by atoms with van der Waals surface area (Å²) in [6.07, 6.45) is 3.96. The summed E-state index contributed by atoms with van der Waals surface area (Å²) in [7, 11) is 0. The number of hydrogen-bond donors (Lipinski definition) is 3. The van der Waals surface area contributed by atoms with Crippen LogP contribution in [0.1, 0.15) is 55.5 Å². The molecule has 0 radical (unpaired) electrons. The van der Waals surface area contributed by atoms with Gasteiger partial charge in [-0.25, -0.2) is 5.10 Å². The topological polar surface area (TPSA) is 103 Å². The minimum atomic E-state index is -0.0798. The van der Waals surface area contributed by atoms with Gasteiger partial charge in [0.05, 0.1) is 5.69 Å². The van der Waals surface area contributed by atoms with E-state index < -0.39 is 0 Å². The molecule has 0 aliphatic carbocycles. The lowest BCUT2D eigenvalue weighted by Crippen LogP contribution is -2.30. The third-order valence-corrected chi connectivity index (χ3v) is 4.54. The van der Waals surface area contributed by atoms with Gasteiger partial charge in [-0.05, 0) is 44.6 Å². The molecule has 1 aliphatic rings. The maximum Gasteiger partial charge on any atom is 0.246 e. The first kappa shape index (κ1) is 16.5. The molecule has 3 N–H and O–H groups in total. The van der Waals surface area contributed by atoms with Crippen molar-refractivity contribution in [3.8, 4) is 0 Å². The Morgan fingerprint density at radius 2 is 1.96 bits per heavy atom. The van der Waals surface area contributed by atoms with Crippen LogP contribution in [0.3, 0.4) is 0 Å². The number of aromatic nitrogens is 5. The SMILES string of the molecule is Cc1n[nH]c(C)c1C(C)CC(=O)Nc1nc(N2CCCCC2)n[nH]1. The van der Waals surface area contributed by atoms with Gasteiger partial charge >= 0.3 is 0 Å². The quantitative estimate of drug-likeness (QED) is 0.780. The van der Waals surface area contributed by atoms with Crippen LogP contribution in [0.15, 0.2) is 0 Å². The molecule has 8 heteroatoms. The Bertz CT molecular complexity index is 680. The van der Waals surface area contributed by atoms with E-state index in [1.807, 2.05) is 20.8 Å². The molecule has 0 spiro atoms. The maximum atomic E-state index is 12.3. The number of H-pyrrole nitrogens is 2. The van der Waals surface area contributed by atoms with Crippen LogP contribution in [0.2, 0.25) is 0 Å². The van der Waals surface area contributed by atoms with Gasteiger partial charge in [-0.3, -0.25) is 15.2 Å². The minimum Gasteiger partial charge on any atom is -0.340 e. The van der Waals surface area contributed by atoms with Gasteiger partial charge in [0.25, 0.3) is 0 Å². The summed E-state index contributed by atoms with van der Waals surface area (Å²) in [4.78, 5) is 18.8. The molecule has 1 aliphatic heterocycles. The zero-order valence-electron chi connectivity index (χ0n) is 14.5. The second-order valence-corrected chi connectivity index (χ2v) is 6.53. The molecule has 0 saturated carbocycles. The van der Waals surface area contributed by atoms with E-state index in [1.165, 1.54) is 6.42 Å². The zero-order valence-corrected chi connectivity index (χ0v) is 14.5. The molecule has 0 aromatic carbocycles. The second kappa shape index (κ2) is 7.02. The van der Waals surface area contributed by atoms with E-state index in [2.05, 4.69) is 35.6 Å². The molecule has 2 aromatic rings. The number of aryl methyl sites for hydroxylation is 2. The molecule has 2 aromatic heterocycles. The zero-order chi connectivity index (χ0) is 17.1. The fraction of sp³-hybridized carbons (Fsp3) is 0.625. The Hall–Kier alpha value is -2.38. The number of amides is 1. The third kappa shape index (κ3) is 3.58. The molecule has 3 heterocycles. The summed E-state index contributed by atoms with van der Waals surface area (Å²) in [5.74, 6) is 1.09. The van der Waals surface area contributed by atoms with Gasteiger partial charge < -0.3 is 4.90 Å². The summed E-state index contributed by atoms with van der Waals surface area (Å²) in [6.45, 7) is 7.91. The van der Waals surface area contributed by atoms with E-state index in [0.29, 0.717) is 18.3 Å². The highest BCUT2D eigenvalue weighted by atomic mass is 16.1. The average molecular weight is 331 g/mol. The van der Waals surface area contributed by atoms with E-state index in [4.69, 9.17) is 0 Å². The maximum absolute atomic E-state index is 12.3. The van der Waals surface area contributed by atoms with E-state index in [-0.39, 0.29) is 11.8 Å². The van der Waals surface area contributed by atoms with Crippen LogP contribution in [0.25, 0.3) is 0 Å². The highest BCUT2D eigenvalue weighted by Crippen LogP contribution is 2.24. The van der Waals surface area contributed by atoms with Crippen molar-refractivity contribution < 1.29 is 4.79 Å². The summed E-state index contributed by atoms with van der Waals surface area (Å²) < 4.78 is 0. The predicted molar refractivity (Wildman–Crippen MR) is 92.2 cm³/mol. The number of rotatable bonds is 5. The number of hydrogen-bond acceptors (Lipinski definition) is 5. The Morgan fingerprint density at radius 1 is 1.21 bits per heavy atom. The average Bonchev–Trinajstić information content (AvgIpc) is 3.15. The van der Waals surface area contributed by atoms with E-state index in [9.17, 15) is 4.79 Å². The Balaban J connectivity index is 1.58. The van der Waals surface area contributed by atoms with Crippen molar-refractivity contribution in [3.63, 3.8) is 0 Å². The summed E-state index contributed by atoms with van der Waals surface area (Å²) in [5.41, 5.74) is 3.07. The van der Waals surface area contributed by atoms with Gasteiger partial charge in [0.2, 0.25) is 17.8 Å². The van der Waals surface area contributed by atoms with E-state index >= 15 is 0 Å². The summed E-state index contributed by atoms with van der Waals surface area (Å²) in [5, 5.41) is 17.0. The van der Waals surface area contributed by atoms with Crippen LogP contribution in [0.4, 0.5) is 11.9 Å². The summed E-state index contributed by atoms with van der Waals surface area (Å²) >= 11 is 0. The van der Waals surface area contributed by atoms with Gasteiger partial charge in [0.15, 0.2) is 0 Å². The van der Waals surface area contributed by atoms with Crippen molar-refractivity contribution in [3.05, 3.63) is 17.0 Å². The molecule has 1 amide bonds. The highest BCUT2D eigenvalue weighted by molar-refractivity contribution is 5.89. The third-order valence-electron chi connectivity index (χ3n) is 4.54. The van der Waals surface area contributed by atoms with Gasteiger partial charge in [0, 0.05) is 25.2 Å². The monoisotopic (exact) mass is 331 g/mol. The molecule has 1 saturated heterocycles. The fourth-order valence-electron chi connectivity index (χ4n) is 3.39. The number of aromatic amines is 2. The lowest BCUT2D eigenvalue weighted by molar-refractivity contribution is -0.116. The van der Waals surface area contributed by atoms with Gasteiger partial charge in [-0.1, -0.05) is 6.92 Å². The molecular weight excluding hydrogens is 306 g/mol. The van der Waals surface area contributed by atoms with Gasteiger partial charge in [-0.2, -0.15) is 10.1 Å². The Labute approximate surface area is 141 Å². The molecule has 0 bridgehead atoms. The number of anilines is 2. The molecule has 1 unspecified atom stereocenters. The van der Waals surface area contributed by atoms with E-state index in [1.54, 1.807) is 0 Å². The van der Waals surface area contributed by atoms with Crippen LogP contribution in [-0.4, -0.2) is 44.4 Å². The van der Waals surface area contributed by atoms with Crippen molar-refractivity contribution >= 4 is 17.8 Å². The largest absolute Gasteiger partial charge is 0.340 e. The first-order chi connectivity index (χ1) is 11.5. The second-order valence-electron chi connectivity index (χ2n) is 6.53. The van der Waals surface area contributed by atoms with Crippen LogP contribution in [0, 0.1) is 13.8 Å². The fourth-order valence-corrected chi connectivity index (χ4v) is 3.39. The van der Waals surface area contributed by atoms with Crippen LogP contribution in [0.5, 0.6) is 0 Å². The van der Waals surface area contributed by atoms with Gasteiger partial charge in [0.1, 0.15) is 0 Å². The standard InChI is InChI=1S/C16H25N7O/c1-10(14-11(2)19-20-12(14)3)9-13(24)17-15-18-16(22-21-15)23-7-5-4-6-8-23/h10H,4-9H2,1-3H3,(H,19,20)(H2,17,18,21,22,24). The molecular formula is C16H25N7O. The lowest BCUT2D eigenvalue weighted by Gasteiger charge is -2.24. The molecule has 3 rings (SSSR count). The van der Waals surface area contributed by atoms with Gasteiger partial charge in [-0.15, -0.1) is 5.10 Å². The van der Waals surface area contributed by atoms with Crippen molar-refractivity contribution in [2.75, 3.05) is 23.3 Å². The number of carbonyl (C=O) groups excluding carboxylic acids is 1. The molecule has 1 fully saturated rings. The number of nitrogens with zero attached hydrogens (tertiary/aromatic N) is 4. The van der Waals surface area contributed by atoms with Crippen molar-refractivity contribution in [2.45, 2.75) is 52.4 Å². The smallest absolute Gasteiger partial charge is 0.246 e. The number of carbonyl (C=O) groups is 1. The Morgan fingerprint density at radius 3 is 2.62 bits per heavy atom. The van der Waals surface area contributed by atoms with Crippen LogP contribution < -0.4 is 10.2 Å². The highest BCUT2D eigenvalue weighted by Gasteiger charge is 2.19. The lowest BCUT2D eigenvalue weighted by atomic mass is 9.96. The van der Waals surface area contributed by atoms with Crippen LogP contribution >= 0.6 is 0 Å². The van der Waals surface area contributed by atoms with Crippen LogP contribution in [-0.2, 0) is 4.79 Å². The Kier molecular flexibility index (Phi) is 4.82. The minimum absolute atomic E-state index is 0.0798. The summed E-state index contributed by atoms with van der Waals surface area (Å²) in [6, 6.07) is 0. The first-order valence-electron chi connectivity index (χ1n) is 8.53. The first-order valence-corrected chi connectivity index (χ1v) is 8.53. The van der Waals surface area contributed by atoms with Crippen molar-refractivity contribution in [2.24, 2.45) is 0 Å². The predicted octanol–water partition coefficient (Wildman–Crippen LogP) is 2.27. The van der Waals surface area contributed by atoms with E-state index in [0.717, 1.165) is 42.9 Å². The normalized spacial score (nSPS) is 16.2. The molecule has 130 valence electrons. The van der Waals surface area contributed by atoms with Crippen molar-refractivity contribution in [1.29, 1.82) is 0 Å².